The van der Waals surface area contributed by atoms with Crippen molar-refractivity contribution in [2.75, 3.05) is 13.7 Å². The number of aryl methyl sites for hydroxylation is 1. The lowest BCUT2D eigenvalue weighted by molar-refractivity contribution is 0.311. The second-order valence-corrected chi connectivity index (χ2v) is 9.53. The van der Waals surface area contributed by atoms with Crippen LogP contribution in [0.5, 0.6) is 11.5 Å². The predicted molar refractivity (Wildman–Crippen MR) is 151 cm³/mol. The molecule has 4 heteroatoms. The molecule has 4 aromatic carbocycles. The fourth-order valence-electron chi connectivity index (χ4n) is 4.04. The van der Waals surface area contributed by atoms with Gasteiger partial charge in [-0.2, -0.15) is 0 Å². The summed E-state index contributed by atoms with van der Waals surface area (Å²) in [6.45, 7) is 0.685. The minimum Gasteiger partial charge on any atom is -0.497 e. The molecule has 1 unspecified atom stereocenters. The Morgan fingerprint density at radius 2 is 1.39 bits per heavy atom. The van der Waals surface area contributed by atoms with Gasteiger partial charge in [-0.05, 0) is 83.5 Å². The van der Waals surface area contributed by atoms with Crippen LogP contribution in [0.1, 0.15) is 40.5 Å². The molecule has 2 nitrogen and oxygen atoms in total. The van der Waals surface area contributed by atoms with Gasteiger partial charge in [0.2, 0.25) is 0 Å². The van der Waals surface area contributed by atoms with Crippen molar-refractivity contribution >= 4 is 28.8 Å². The first-order valence-electron chi connectivity index (χ1n) is 12.1. The van der Waals surface area contributed by atoms with Crippen molar-refractivity contribution < 1.29 is 9.47 Å². The smallest absolute Gasteiger partial charge is 0.119 e. The summed E-state index contributed by atoms with van der Waals surface area (Å²) in [5.41, 5.74) is 5.71. The normalized spacial score (nSPS) is 12.2. The highest BCUT2D eigenvalue weighted by Crippen LogP contribution is 2.32. The van der Waals surface area contributed by atoms with Crippen molar-refractivity contribution in [2.24, 2.45) is 0 Å². The average Bonchev–Trinajstić information content (AvgIpc) is 2.93. The lowest BCUT2D eigenvalue weighted by Crippen LogP contribution is -1.99. The first-order chi connectivity index (χ1) is 17.6. The van der Waals surface area contributed by atoms with Crippen LogP contribution in [0.3, 0.4) is 0 Å². The minimum atomic E-state index is -0.150. The molecule has 0 heterocycles. The molecule has 0 saturated heterocycles. The van der Waals surface area contributed by atoms with Crippen LogP contribution >= 0.6 is 23.2 Å². The van der Waals surface area contributed by atoms with Gasteiger partial charge < -0.3 is 9.47 Å². The monoisotopic (exact) mass is 516 g/mol. The topological polar surface area (TPSA) is 18.5 Å². The third kappa shape index (κ3) is 7.40. The van der Waals surface area contributed by atoms with Crippen LogP contribution in [0.25, 0.3) is 5.57 Å². The molecule has 0 saturated carbocycles. The van der Waals surface area contributed by atoms with Crippen molar-refractivity contribution in [2.45, 2.75) is 24.6 Å². The van der Waals surface area contributed by atoms with Gasteiger partial charge in [0.25, 0.3) is 0 Å². The molecule has 0 spiro atoms. The van der Waals surface area contributed by atoms with Gasteiger partial charge in [0.1, 0.15) is 11.5 Å². The number of allylic oxidation sites excluding steroid dienone is 1. The summed E-state index contributed by atoms with van der Waals surface area (Å²) in [5, 5.41) is 0.558. The Balaban J connectivity index is 1.46. The molecular weight excluding hydrogens is 487 g/mol. The Bertz CT molecular complexity index is 1230. The molecule has 0 amide bonds. The fourth-order valence-corrected chi connectivity index (χ4v) is 4.40. The Kier molecular flexibility index (Phi) is 9.49. The summed E-state index contributed by atoms with van der Waals surface area (Å²) in [4.78, 5) is 0. The fraction of sp³-hybridized carbons (Fsp3) is 0.188. The average molecular weight is 517 g/mol. The van der Waals surface area contributed by atoms with E-state index < -0.39 is 0 Å². The lowest BCUT2D eigenvalue weighted by atomic mass is 9.95. The maximum absolute atomic E-state index is 6.74. The van der Waals surface area contributed by atoms with E-state index in [4.69, 9.17) is 32.7 Å². The van der Waals surface area contributed by atoms with Gasteiger partial charge >= 0.3 is 0 Å². The van der Waals surface area contributed by atoms with Crippen LogP contribution in [0, 0.1) is 0 Å². The number of ether oxygens (including phenoxy) is 2. The maximum Gasteiger partial charge on any atom is 0.119 e. The van der Waals surface area contributed by atoms with E-state index in [1.807, 2.05) is 54.6 Å². The second-order valence-electron chi connectivity index (χ2n) is 8.56. The second kappa shape index (κ2) is 13.2. The largest absolute Gasteiger partial charge is 0.497 e. The summed E-state index contributed by atoms with van der Waals surface area (Å²) >= 11 is 12.8. The third-order valence-electron chi connectivity index (χ3n) is 6.05. The molecular formula is C32H30Cl2O2. The molecule has 4 rings (SSSR count). The standard InChI is InChI=1S/C32H30Cl2O2/c1-35-29-17-11-25(12-18-29)31(21-22-32(34)27-9-15-28(33)16-10-27)26-13-19-30(20-14-26)36-23-5-8-24-6-3-2-4-7-24/h2-4,6-7,9-21,32H,5,8,22-23H2,1H3. The zero-order chi connectivity index (χ0) is 25.2. The number of hydrogen-bond acceptors (Lipinski definition) is 2. The summed E-state index contributed by atoms with van der Waals surface area (Å²) in [7, 11) is 1.68. The van der Waals surface area contributed by atoms with E-state index in [-0.39, 0.29) is 5.38 Å². The molecule has 0 aromatic heterocycles. The molecule has 0 fully saturated rings. The summed E-state index contributed by atoms with van der Waals surface area (Å²) in [6, 6.07) is 34.6. The van der Waals surface area contributed by atoms with Crippen molar-refractivity contribution in [3.05, 3.63) is 136 Å². The van der Waals surface area contributed by atoms with Crippen LogP contribution < -0.4 is 9.47 Å². The Labute approximate surface area is 224 Å². The van der Waals surface area contributed by atoms with Gasteiger partial charge in [-0.3, -0.25) is 0 Å². The number of methoxy groups -OCH3 is 1. The van der Waals surface area contributed by atoms with Gasteiger partial charge in [-0.15, -0.1) is 11.6 Å². The maximum atomic E-state index is 6.74. The Morgan fingerprint density at radius 3 is 2.00 bits per heavy atom. The van der Waals surface area contributed by atoms with E-state index in [9.17, 15) is 0 Å². The number of rotatable bonds is 11. The van der Waals surface area contributed by atoms with E-state index in [2.05, 4.69) is 54.6 Å². The van der Waals surface area contributed by atoms with Crippen molar-refractivity contribution in [1.82, 2.24) is 0 Å². The number of hydrogen-bond donors (Lipinski definition) is 0. The van der Waals surface area contributed by atoms with Crippen LogP contribution in [0.15, 0.2) is 109 Å². The third-order valence-corrected chi connectivity index (χ3v) is 6.73. The van der Waals surface area contributed by atoms with Gasteiger partial charge in [0.15, 0.2) is 0 Å². The Morgan fingerprint density at radius 1 is 0.778 bits per heavy atom. The van der Waals surface area contributed by atoms with E-state index in [0.29, 0.717) is 18.1 Å². The van der Waals surface area contributed by atoms with Crippen LogP contribution in [0.2, 0.25) is 5.02 Å². The molecule has 0 N–H and O–H groups in total. The van der Waals surface area contributed by atoms with E-state index in [1.54, 1.807) is 7.11 Å². The lowest BCUT2D eigenvalue weighted by Gasteiger charge is -2.13. The van der Waals surface area contributed by atoms with Crippen molar-refractivity contribution in [1.29, 1.82) is 0 Å². The van der Waals surface area contributed by atoms with E-state index in [0.717, 1.165) is 46.6 Å². The van der Waals surface area contributed by atoms with Gasteiger partial charge in [-0.1, -0.05) is 84.4 Å². The van der Waals surface area contributed by atoms with Gasteiger partial charge in [-0.25, -0.2) is 0 Å². The van der Waals surface area contributed by atoms with Crippen LogP contribution in [-0.4, -0.2) is 13.7 Å². The number of alkyl halides is 1. The van der Waals surface area contributed by atoms with Crippen molar-refractivity contribution in [3.63, 3.8) is 0 Å². The first kappa shape index (κ1) is 25.9. The number of halogens is 2. The minimum absolute atomic E-state index is 0.150. The molecule has 0 aliphatic carbocycles. The van der Waals surface area contributed by atoms with Gasteiger partial charge in [0.05, 0.1) is 19.1 Å². The van der Waals surface area contributed by atoms with Gasteiger partial charge in [0, 0.05) is 5.02 Å². The summed E-state index contributed by atoms with van der Waals surface area (Å²) in [6.07, 6.45) is 4.87. The molecule has 1 atom stereocenters. The summed E-state index contributed by atoms with van der Waals surface area (Å²) < 4.78 is 11.3. The SMILES string of the molecule is COc1ccc(C(=CCC(Cl)c2ccc(Cl)cc2)c2ccc(OCCCc3ccccc3)cc2)cc1. The van der Waals surface area contributed by atoms with Crippen molar-refractivity contribution in [3.8, 4) is 11.5 Å². The molecule has 36 heavy (non-hydrogen) atoms. The van der Waals surface area contributed by atoms with Crippen LogP contribution in [-0.2, 0) is 6.42 Å². The quantitative estimate of drug-likeness (QED) is 0.146. The van der Waals surface area contributed by atoms with E-state index >= 15 is 0 Å². The highest BCUT2D eigenvalue weighted by atomic mass is 35.5. The van der Waals surface area contributed by atoms with E-state index in [1.165, 1.54) is 5.56 Å². The first-order valence-corrected chi connectivity index (χ1v) is 12.9. The predicted octanol–water partition coefficient (Wildman–Crippen LogP) is 9.16. The zero-order valence-corrected chi connectivity index (χ0v) is 21.9. The molecule has 4 aromatic rings. The van der Waals surface area contributed by atoms with Crippen LogP contribution in [0.4, 0.5) is 0 Å². The molecule has 0 aliphatic heterocycles. The molecule has 0 aliphatic rings. The Hall–Kier alpha value is -3.20. The molecule has 184 valence electrons. The molecule has 0 radical (unpaired) electrons. The highest BCUT2D eigenvalue weighted by Gasteiger charge is 2.11. The number of benzene rings is 4. The summed E-state index contributed by atoms with van der Waals surface area (Å²) in [5.74, 6) is 1.70. The molecule has 0 bridgehead atoms. The highest BCUT2D eigenvalue weighted by molar-refractivity contribution is 6.30. The zero-order valence-electron chi connectivity index (χ0n) is 20.4.